The van der Waals surface area contributed by atoms with E-state index < -0.39 is 9.84 Å². The number of rotatable bonds is 6. The van der Waals surface area contributed by atoms with Crippen molar-refractivity contribution in [3.05, 3.63) is 16.6 Å². The molecule has 0 bridgehead atoms. The van der Waals surface area contributed by atoms with Gasteiger partial charge in [0.2, 0.25) is 0 Å². The van der Waals surface area contributed by atoms with Crippen molar-refractivity contribution >= 4 is 21.2 Å². The van der Waals surface area contributed by atoms with Crippen molar-refractivity contribution in [3.63, 3.8) is 0 Å². The van der Waals surface area contributed by atoms with Crippen LogP contribution in [-0.2, 0) is 16.3 Å². The monoisotopic (exact) mass is 288 g/mol. The fraction of sp³-hybridized carbons (Fsp3) is 0.750. The number of nitrogens with one attached hydrogen (secondary N) is 1. The molecule has 0 saturated carbocycles. The van der Waals surface area contributed by atoms with Crippen LogP contribution in [0.25, 0.3) is 0 Å². The first-order valence-electron chi connectivity index (χ1n) is 6.43. The van der Waals surface area contributed by atoms with Crippen molar-refractivity contribution < 1.29 is 8.42 Å². The summed E-state index contributed by atoms with van der Waals surface area (Å²) >= 11 is 1.64. The van der Waals surface area contributed by atoms with E-state index >= 15 is 0 Å². The van der Waals surface area contributed by atoms with Crippen LogP contribution in [0.1, 0.15) is 24.8 Å². The summed E-state index contributed by atoms with van der Waals surface area (Å²) < 4.78 is 23.2. The SMILES string of the molecule is CCCNC(Cc1nccs1)C1CCS(=O)(=O)C1. The second-order valence-corrected chi connectivity index (χ2v) is 8.06. The summed E-state index contributed by atoms with van der Waals surface area (Å²) in [6, 6.07) is 0.244. The molecule has 102 valence electrons. The van der Waals surface area contributed by atoms with Gasteiger partial charge in [0.15, 0.2) is 9.84 Å². The topological polar surface area (TPSA) is 59.1 Å². The largest absolute Gasteiger partial charge is 0.313 e. The van der Waals surface area contributed by atoms with Gasteiger partial charge in [-0.15, -0.1) is 11.3 Å². The number of nitrogens with zero attached hydrogens (tertiary/aromatic N) is 1. The third-order valence-corrected chi connectivity index (χ3v) is 5.97. The Morgan fingerprint density at radius 1 is 1.61 bits per heavy atom. The molecule has 0 amide bonds. The van der Waals surface area contributed by atoms with E-state index in [1.807, 2.05) is 11.6 Å². The van der Waals surface area contributed by atoms with E-state index in [1.165, 1.54) is 0 Å². The molecule has 2 atom stereocenters. The molecule has 2 rings (SSSR count). The summed E-state index contributed by atoms with van der Waals surface area (Å²) in [6.07, 6.45) is 4.50. The van der Waals surface area contributed by atoms with Crippen molar-refractivity contribution in [2.45, 2.75) is 32.2 Å². The van der Waals surface area contributed by atoms with Gasteiger partial charge in [0, 0.05) is 24.0 Å². The van der Waals surface area contributed by atoms with Gasteiger partial charge in [-0.1, -0.05) is 6.92 Å². The second-order valence-electron chi connectivity index (χ2n) is 4.85. The van der Waals surface area contributed by atoms with Gasteiger partial charge in [-0.2, -0.15) is 0 Å². The van der Waals surface area contributed by atoms with Crippen LogP contribution in [0.2, 0.25) is 0 Å². The molecule has 2 heterocycles. The molecule has 1 saturated heterocycles. The summed E-state index contributed by atoms with van der Waals surface area (Å²) in [6.45, 7) is 3.06. The van der Waals surface area contributed by atoms with E-state index in [0.29, 0.717) is 11.5 Å². The molecule has 0 aliphatic carbocycles. The van der Waals surface area contributed by atoms with Gasteiger partial charge in [-0.3, -0.25) is 0 Å². The maximum absolute atomic E-state index is 11.6. The van der Waals surface area contributed by atoms with E-state index in [1.54, 1.807) is 11.3 Å². The van der Waals surface area contributed by atoms with E-state index in [9.17, 15) is 8.42 Å². The number of hydrogen-bond acceptors (Lipinski definition) is 5. The van der Waals surface area contributed by atoms with Gasteiger partial charge in [0.1, 0.15) is 0 Å². The highest BCUT2D eigenvalue weighted by molar-refractivity contribution is 7.91. The molecule has 2 unspecified atom stereocenters. The van der Waals surface area contributed by atoms with Gasteiger partial charge in [-0.05, 0) is 25.3 Å². The highest BCUT2D eigenvalue weighted by Crippen LogP contribution is 2.24. The van der Waals surface area contributed by atoms with Gasteiger partial charge in [0.05, 0.1) is 16.5 Å². The summed E-state index contributed by atoms with van der Waals surface area (Å²) in [5.41, 5.74) is 0. The lowest BCUT2D eigenvalue weighted by molar-refractivity contribution is 0.379. The van der Waals surface area contributed by atoms with Gasteiger partial charge in [-0.25, -0.2) is 13.4 Å². The van der Waals surface area contributed by atoms with Crippen LogP contribution in [0, 0.1) is 5.92 Å². The maximum Gasteiger partial charge on any atom is 0.150 e. The van der Waals surface area contributed by atoms with Crippen LogP contribution < -0.4 is 5.32 Å². The van der Waals surface area contributed by atoms with Crippen LogP contribution in [0.15, 0.2) is 11.6 Å². The average molecular weight is 288 g/mol. The molecule has 1 aliphatic heterocycles. The van der Waals surface area contributed by atoms with Crippen LogP contribution in [-0.4, -0.2) is 37.5 Å². The molecule has 6 heteroatoms. The van der Waals surface area contributed by atoms with E-state index in [2.05, 4.69) is 17.2 Å². The summed E-state index contributed by atoms with van der Waals surface area (Å²) in [4.78, 5) is 4.30. The third-order valence-electron chi connectivity index (χ3n) is 3.37. The molecule has 0 radical (unpaired) electrons. The Kier molecular flexibility index (Phi) is 4.75. The third kappa shape index (κ3) is 3.76. The standard InChI is InChI=1S/C12H20N2O2S2/c1-2-4-13-11(8-12-14-5-6-17-12)10-3-7-18(15,16)9-10/h5-6,10-11,13H,2-4,7-9H2,1H3. The first-order valence-corrected chi connectivity index (χ1v) is 9.13. The zero-order valence-corrected chi connectivity index (χ0v) is 12.3. The number of sulfone groups is 1. The van der Waals surface area contributed by atoms with Crippen molar-refractivity contribution in [3.8, 4) is 0 Å². The first kappa shape index (κ1) is 14.0. The van der Waals surface area contributed by atoms with Crippen LogP contribution in [0.5, 0.6) is 0 Å². The van der Waals surface area contributed by atoms with Crippen LogP contribution in [0.4, 0.5) is 0 Å². The second kappa shape index (κ2) is 6.12. The minimum Gasteiger partial charge on any atom is -0.313 e. The van der Waals surface area contributed by atoms with Crippen LogP contribution in [0.3, 0.4) is 0 Å². The van der Waals surface area contributed by atoms with Crippen LogP contribution >= 0.6 is 11.3 Å². The van der Waals surface area contributed by atoms with E-state index in [0.717, 1.165) is 30.8 Å². The summed E-state index contributed by atoms with van der Waals surface area (Å²) in [5, 5.41) is 6.55. The Bertz CT molecular complexity index is 456. The van der Waals surface area contributed by atoms with E-state index in [4.69, 9.17) is 0 Å². The number of hydrogen-bond donors (Lipinski definition) is 1. The van der Waals surface area contributed by atoms with Crippen molar-refractivity contribution in [2.24, 2.45) is 5.92 Å². The lowest BCUT2D eigenvalue weighted by Gasteiger charge is -2.23. The molecule has 1 aliphatic rings. The maximum atomic E-state index is 11.6. The fourth-order valence-corrected chi connectivity index (χ4v) is 4.97. The van der Waals surface area contributed by atoms with Crippen molar-refractivity contribution in [1.29, 1.82) is 0 Å². The smallest absolute Gasteiger partial charge is 0.150 e. The average Bonchev–Trinajstić information content (AvgIpc) is 2.93. The molecule has 1 aromatic heterocycles. The van der Waals surface area contributed by atoms with Gasteiger partial charge in [0.25, 0.3) is 0 Å². The zero-order valence-electron chi connectivity index (χ0n) is 10.6. The first-order chi connectivity index (χ1) is 8.61. The molecule has 18 heavy (non-hydrogen) atoms. The highest BCUT2D eigenvalue weighted by Gasteiger charge is 2.33. The molecule has 1 aromatic rings. The fourth-order valence-electron chi connectivity index (χ4n) is 2.42. The van der Waals surface area contributed by atoms with Crippen molar-refractivity contribution in [2.75, 3.05) is 18.1 Å². The summed E-state index contributed by atoms with van der Waals surface area (Å²) in [5.74, 6) is 0.921. The Morgan fingerprint density at radius 3 is 3.00 bits per heavy atom. The highest BCUT2D eigenvalue weighted by atomic mass is 32.2. The van der Waals surface area contributed by atoms with E-state index in [-0.39, 0.29) is 12.0 Å². The zero-order chi connectivity index (χ0) is 13.0. The van der Waals surface area contributed by atoms with Gasteiger partial charge < -0.3 is 5.32 Å². The molecule has 1 N–H and O–H groups in total. The molecule has 1 fully saturated rings. The lowest BCUT2D eigenvalue weighted by Crippen LogP contribution is -2.39. The molecular weight excluding hydrogens is 268 g/mol. The Morgan fingerprint density at radius 2 is 2.44 bits per heavy atom. The quantitative estimate of drug-likeness (QED) is 0.861. The number of aromatic nitrogens is 1. The predicted molar refractivity (Wildman–Crippen MR) is 74.7 cm³/mol. The molecule has 0 spiro atoms. The Labute approximate surface area is 113 Å². The summed E-state index contributed by atoms with van der Waals surface area (Å²) in [7, 11) is -2.80. The predicted octanol–water partition coefficient (Wildman–Crippen LogP) is 1.49. The molecule has 0 aromatic carbocycles. The Balaban J connectivity index is 2.01. The molecular formula is C12H20N2O2S2. The number of thiazole rings is 1. The minimum atomic E-state index is -2.80. The van der Waals surface area contributed by atoms with Crippen molar-refractivity contribution in [1.82, 2.24) is 10.3 Å². The Hall–Kier alpha value is -0.460. The van der Waals surface area contributed by atoms with Gasteiger partial charge >= 0.3 is 0 Å². The molecule has 4 nitrogen and oxygen atoms in total. The lowest BCUT2D eigenvalue weighted by atomic mass is 9.96. The minimum absolute atomic E-state index is 0.241. The normalized spacial score (nSPS) is 24.2.